The second-order valence-corrected chi connectivity index (χ2v) is 6.57. The second kappa shape index (κ2) is 8.85. The summed E-state index contributed by atoms with van der Waals surface area (Å²) in [4.78, 5) is 25.9. The van der Waals surface area contributed by atoms with Crippen molar-refractivity contribution in [1.82, 2.24) is 4.90 Å². The molecule has 1 saturated heterocycles. The molecule has 1 aliphatic heterocycles. The Hall–Kier alpha value is -2.08. The smallest absolute Gasteiger partial charge is 0.410 e. The maximum Gasteiger partial charge on any atom is 0.410 e. The Bertz CT molecular complexity index is 572. The summed E-state index contributed by atoms with van der Waals surface area (Å²) < 4.78 is 16.2. The molecule has 0 aliphatic carbocycles. The van der Waals surface area contributed by atoms with Gasteiger partial charge in [0.05, 0.1) is 19.3 Å². The first-order valence-electron chi connectivity index (χ1n) is 8.72. The largest absolute Gasteiger partial charge is 0.464 e. The fourth-order valence-electron chi connectivity index (χ4n) is 2.72. The Morgan fingerprint density at radius 2 is 1.92 bits per heavy atom. The number of hydrogen-bond donors (Lipinski definition) is 0. The Kier molecular flexibility index (Phi) is 6.82. The first kappa shape index (κ1) is 19.2. The molecule has 1 fully saturated rings. The molecule has 0 saturated carbocycles. The van der Waals surface area contributed by atoms with E-state index in [1.807, 2.05) is 30.3 Å². The molecule has 2 rings (SSSR count). The van der Waals surface area contributed by atoms with E-state index in [9.17, 15) is 9.59 Å². The number of ether oxygens (including phenoxy) is 3. The van der Waals surface area contributed by atoms with E-state index in [2.05, 4.69) is 0 Å². The van der Waals surface area contributed by atoms with Crippen LogP contribution in [0, 0.1) is 0 Å². The molecule has 138 valence electrons. The minimum absolute atomic E-state index is 0.0861. The van der Waals surface area contributed by atoms with Crippen molar-refractivity contribution in [2.75, 3.05) is 19.8 Å². The highest BCUT2D eigenvalue weighted by atomic mass is 16.6. The van der Waals surface area contributed by atoms with Gasteiger partial charge in [0.1, 0.15) is 6.61 Å². The van der Waals surface area contributed by atoms with Gasteiger partial charge in [-0.3, -0.25) is 0 Å². The third-order valence-electron chi connectivity index (χ3n) is 4.22. The lowest BCUT2D eigenvalue weighted by Gasteiger charge is -2.28. The molecule has 1 aromatic rings. The van der Waals surface area contributed by atoms with Gasteiger partial charge >= 0.3 is 12.1 Å². The molecule has 6 nitrogen and oxygen atoms in total. The summed E-state index contributed by atoms with van der Waals surface area (Å²) >= 11 is 0. The summed E-state index contributed by atoms with van der Waals surface area (Å²) in [5.74, 6) is -0.397. The number of amides is 1. The van der Waals surface area contributed by atoms with Gasteiger partial charge in [-0.25, -0.2) is 9.59 Å². The highest BCUT2D eigenvalue weighted by Crippen LogP contribution is 2.22. The molecule has 1 aliphatic rings. The molecule has 1 aromatic carbocycles. The maximum atomic E-state index is 12.3. The van der Waals surface area contributed by atoms with Gasteiger partial charge in [-0.15, -0.1) is 0 Å². The van der Waals surface area contributed by atoms with Gasteiger partial charge in [0.15, 0.2) is 5.60 Å². The zero-order chi connectivity index (χ0) is 18.3. The van der Waals surface area contributed by atoms with Crippen LogP contribution >= 0.6 is 0 Å². The second-order valence-electron chi connectivity index (χ2n) is 6.57. The van der Waals surface area contributed by atoms with Gasteiger partial charge in [0.2, 0.25) is 0 Å². The molecule has 1 amide bonds. The van der Waals surface area contributed by atoms with Crippen molar-refractivity contribution in [3.63, 3.8) is 0 Å². The van der Waals surface area contributed by atoms with E-state index in [1.165, 1.54) is 0 Å². The number of hydrogen-bond acceptors (Lipinski definition) is 5. The van der Waals surface area contributed by atoms with Crippen molar-refractivity contribution < 1.29 is 23.8 Å². The number of benzene rings is 1. The monoisotopic (exact) mass is 349 g/mol. The Labute approximate surface area is 149 Å². The zero-order valence-electron chi connectivity index (χ0n) is 15.2. The molecular weight excluding hydrogens is 322 g/mol. The summed E-state index contributed by atoms with van der Waals surface area (Å²) in [7, 11) is 0. The third-order valence-corrected chi connectivity index (χ3v) is 4.22. The van der Waals surface area contributed by atoms with Gasteiger partial charge in [-0.1, -0.05) is 30.3 Å². The van der Waals surface area contributed by atoms with E-state index in [0.29, 0.717) is 13.2 Å². The van der Waals surface area contributed by atoms with Gasteiger partial charge in [-0.2, -0.15) is 0 Å². The van der Waals surface area contributed by atoms with Gasteiger partial charge in [-0.05, 0) is 39.2 Å². The molecule has 0 aromatic heterocycles. The predicted octanol–water partition coefficient (Wildman–Crippen LogP) is 3.15. The van der Waals surface area contributed by atoms with Crippen LogP contribution in [0.3, 0.4) is 0 Å². The van der Waals surface area contributed by atoms with E-state index < -0.39 is 11.6 Å². The number of nitrogens with zero attached hydrogens (tertiary/aromatic N) is 1. The van der Waals surface area contributed by atoms with Crippen LogP contribution in [-0.2, 0) is 25.6 Å². The maximum absolute atomic E-state index is 12.3. The standard InChI is InChI=1S/C19H27NO5/c1-4-23-17(21)19(2,3)25-14-16-11-8-12-20(16)18(22)24-13-15-9-6-5-7-10-15/h5-7,9-10,16H,4,8,11-14H2,1-3H3/t16-/m0/s1. The molecule has 1 heterocycles. The Morgan fingerprint density at radius 3 is 2.60 bits per heavy atom. The van der Waals surface area contributed by atoms with Crippen molar-refractivity contribution in [3.05, 3.63) is 35.9 Å². The minimum Gasteiger partial charge on any atom is -0.464 e. The SMILES string of the molecule is CCOC(=O)C(C)(C)OC[C@@H]1CCCN1C(=O)OCc1ccccc1. The number of rotatable bonds is 7. The number of esters is 1. The number of carbonyl (C=O) groups is 2. The lowest BCUT2D eigenvalue weighted by atomic mass is 10.1. The van der Waals surface area contributed by atoms with Crippen molar-refractivity contribution in [2.45, 2.75) is 51.9 Å². The van der Waals surface area contributed by atoms with Crippen LogP contribution in [-0.4, -0.2) is 48.4 Å². The third kappa shape index (κ3) is 5.46. The van der Waals surface area contributed by atoms with Crippen molar-refractivity contribution in [1.29, 1.82) is 0 Å². The van der Waals surface area contributed by atoms with E-state index in [1.54, 1.807) is 25.7 Å². The van der Waals surface area contributed by atoms with Crippen LogP contribution in [0.2, 0.25) is 0 Å². The summed E-state index contributed by atoms with van der Waals surface area (Å²) in [5, 5.41) is 0. The van der Waals surface area contributed by atoms with Gasteiger partial charge in [0, 0.05) is 6.54 Å². The van der Waals surface area contributed by atoms with E-state index in [-0.39, 0.29) is 25.3 Å². The molecular formula is C19H27NO5. The lowest BCUT2D eigenvalue weighted by Crippen LogP contribution is -2.43. The summed E-state index contributed by atoms with van der Waals surface area (Å²) in [6, 6.07) is 9.49. The molecule has 0 N–H and O–H groups in total. The van der Waals surface area contributed by atoms with Crippen LogP contribution in [0.15, 0.2) is 30.3 Å². The van der Waals surface area contributed by atoms with Crippen LogP contribution in [0.1, 0.15) is 39.2 Å². The fourth-order valence-corrected chi connectivity index (χ4v) is 2.72. The highest BCUT2D eigenvalue weighted by Gasteiger charge is 2.35. The summed E-state index contributed by atoms with van der Waals surface area (Å²) in [6.45, 7) is 6.60. The minimum atomic E-state index is -1.03. The molecule has 0 spiro atoms. The molecule has 0 bridgehead atoms. The predicted molar refractivity (Wildman–Crippen MR) is 93.0 cm³/mol. The van der Waals surface area contributed by atoms with E-state index in [4.69, 9.17) is 14.2 Å². The molecule has 25 heavy (non-hydrogen) atoms. The Balaban J connectivity index is 1.84. The van der Waals surface area contributed by atoms with Gasteiger partial charge in [0.25, 0.3) is 0 Å². The number of likely N-dealkylation sites (tertiary alicyclic amines) is 1. The van der Waals surface area contributed by atoms with Crippen LogP contribution in [0.4, 0.5) is 4.79 Å². The molecule has 6 heteroatoms. The molecule has 0 radical (unpaired) electrons. The topological polar surface area (TPSA) is 65.1 Å². The van der Waals surface area contributed by atoms with Gasteiger partial charge < -0.3 is 19.1 Å². The lowest BCUT2D eigenvalue weighted by molar-refractivity contribution is -0.169. The first-order chi connectivity index (χ1) is 11.9. The van der Waals surface area contributed by atoms with E-state index in [0.717, 1.165) is 18.4 Å². The first-order valence-corrected chi connectivity index (χ1v) is 8.72. The van der Waals surface area contributed by atoms with Crippen molar-refractivity contribution >= 4 is 12.1 Å². The average molecular weight is 349 g/mol. The van der Waals surface area contributed by atoms with Crippen molar-refractivity contribution in [2.24, 2.45) is 0 Å². The van der Waals surface area contributed by atoms with Crippen LogP contribution in [0.25, 0.3) is 0 Å². The van der Waals surface area contributed by atoms with Crippen molar-refractivity contribution in [3.8, 4) is 0 Å². The molecule has 1 atom stereocenters. The van der Waals surface area contributed by atoms with Crippen LogP contribution in [0.5, 0.6) is 0 Å². The highest BCUT2D eigenvalue weighted by molar-refractivity contribution is 5.78. The average Bonchev–Trinajstić information content (AvgIpc) is 3.08. The normalized spacial score (nSPS) is 17.4. The number of carbonyl (C=O) groups excluding carboxylic acids is 2. The quantitative estimate of drug-likeness (QED) is 0.708. The Morgan fingerprint density at radius 1 is 1.20 bits per heavy atom. The zero-order valence-corrected chi connectivity index (χ0v) is 15.2. The van der Waals surface area contributed by atoms with Crippen LogP contribution < -0.4 is 0 Å². The summed E-state index contributed by atoms with van der Waals surface area (Å²) in [6.07, 6.45) is 1.39. The fraction of sp³-hybridized carbons (Fsp3) is 0.579. The molecule has 0 unspecified atom stereocenters. The summed E-state index contributed by atoms with van der Waals surface area (Å²) in [5.41, 5.74) is -0.0793. The van der Waals surface area contributed by atoms with E-state index >= 15 is 0 Å².